The molecule has 104 valence electrons. The van der Waals surface area contributed by atoms with E-state index in [-0.39, 0.29) is 11.9 Å². The van der Waals surface area contributed by atoms with E-state index in [1.54, 1.807) is 0 Å². The van der Waals surface area contributed by atoms with E-state index >= 15 is 0 Å². The molecule has 18 heavy (non-hydrogen) atoms. The van der Waals surface area contributed by atoms with Gasteiger partial charge in [0.1, 0.15) is 0 Å². The van der Waals surface area contributed by atoms with Crippen LogP contribution in [0.15, 0.2) is 0 Å². The maximum Gasteiger partial charge on any atom is 0.158 e. The molecule has 3 aliphatic rings. The van der Waals surface area contributed by atoms with Crippen molar-refractivity contribution in [1.82, 2.24) is 0 Å². The summed E-state index contributed by atoms with van der Waals surface area (Å²) >= 11 is 0. The van der Waals surface area contributed by atoms with Gasteiger partial charge in [-0.2, -0.15) is 0 Å². The van der Waals surface area contributed by atoms with Crippen LogP contribution in [-0.4, -0.2) is 18.5 Å². The molecule has 0 radical (unpaired) electrons. The van der Waals surface area contributed by atoms with Crippen LogP contribution in [0.1, 0.15) is 59.8 Å². The molecule has 1 aliphatic heterocycles. The highest BCUT2D eigenvalue weighted by molar-refractivity contribution is 5.19. The molecule has 0 amide bonds. The molecule has 1 saturated heterocycles. The molecule has 0 aromatic rings. The largest absolute Gasteiger partial charge is 0.353 e. The molecule has 4 unspecified atom stereocenters. The third-order valence-electron chi connectivity index (χ3n) is 5.19. The van der Waals surface area contributed by atoms with E-state index < -0.39 is 0 Å². The van der Waals surface area contributed by atoms with Crippen molar-refractivity contribution in [2.24, 2.45) is 23.2 Å². The maximum atomic E-state index is 6.46. The monoisotopic (exact) mass is 252 g/mol. The van der Waals surface area contributed by atoms with Crippen LogP contribution in [0.4, 0.5) is 0 Å². The standard InChI is InChI=1S/C16H28O2/c1-11(2)8-12-9-16(12,13-10-15(13,3)4)18-14-6-5-7-17-14/h11-14H,5-10H2,1-4H3. The van der Waals surface area contributed by atoms with Gasteiger partial charge in [-0.1, -0.05) is 27.7 Å². The Hall–Kier alpha value is -0.0800. The zero-order chi connectivity index (χ0) is 13.0. The van der Waals surface area contributed by atoms with Crippen LogP contribution in [0.2, 0.25) is 0 Å². The topological polar surface area (TPSA) is 18.5 Å². The molecule has 0 bridgehead atoms. The second kappa shape index (κ2) is 4.21. The molecule has 0 aromatic heterocycles. The molecule has 1 heterocycles. The zero-order valence-corrected chi connectivity index (χ0v) is 12.4. The number of ether oxygens (including phenoxy) is 2. The second-order valence-corrected chi connectivity index (χ2v) is 7.79. The van der Waals surface area contributed by atoms with E-state index in [0.29, 0.717) is 5.41 Å². The Balaban J connectivity index is 1.66. The lowest BCUT2D eigenvalue weighted by Crippen LogP contribution is -2.29. The first kappa shape index (κ1) is 12.9. The predicted molar refractivity (Wildman–Crippen MR) is 72.2 cm³/mol. The molecule has 4 atom stereocenters. The van der Waals surface area contributed by atoms with Crippen molar-refractivity contribution in [3.8, 4) is 0 Å². The Morgan fingerprint density at radius 1 is 1.28 bits per heavy atom. The molecule has 2 aliphatic carbocycles. The average molecular weight is 252 g/mol. The number of rotatable bonds is 5. The fraction of sp³-hybridized carbons (Fsp3) is 1.00. The molecule has 2 nitrogen and oxygen atoms in total. The SMILES string of the molecule is CC(C)CC1CC1(OC1CCCO1)C1CC1(C)C. The van der Waals surface area contributed by atoms with Crippen molar-refractivity contribution in [2.75, 3.05) is 6.61 Å². The fourth-order valence-corrected chi connectivity index (χ4v) is 4.02. The van der Waals surface area contributed by atoms with Crippen molar-refractivity contribution in [1.29, 1.82) is 0 Å². The molecule has 2 heteroatoms. The van der Waals surface area contributed by atoms with Gasteiger partial charge < -0.3 is 9.47 Å². The Morgan fingerprint density at radius 2 is 2.00 bits per heavy atom. The summed E-state index contributed by atoms with van der Waals surface area (Å²) in [6.07, 6.45) is 6.30. The first-order valence-electron chi connectivity index (χ1n) is 7.73. The van der Waals surface area contributed by atoms with Crippen molar-refractivity contribution in [3.05, 3.63) is 0 Å². The van der Waals surface area contributed by atoms with Crippen LogP contribution >= 0.6 is 0 Å². The summed E-state index contributed by atoms with van der Waals surface area (Å²) in [5.41, 5.74) is 0.688. The first-order valence-corrected chi connectivity index (χ1v) is 7.73. The predicted octanol–water partition coefficient (Wildman–Crippen LogP) is 3.99. The molecule has 0 N–H and O–H groups in total. The van der Waals surface area contributed by atoms with Gasteiger partial charge in [0, 0.05) is 13.0 Å². The lowest BCUT2D eigenvalue weighted by molar-refractivity contribution is -0.169. The zero-order valence-electron chi connectivity index (χ0n) is 12.4. The summed E-state index contributed by atoms with van der Waals surface area (Å²) in [6.45, 7) is 10.3. The minimum Gasteiger partial charge on any atom is -0.353 e. The minimum absolute atomic E-state index is 0.0959. The van der Waals surface area contributed by atoms with Gasteiger partial charge in [0.25, 0.3) is 0 Å². The van der Waals surface area contributed by atoms with E-state index in [2.05, 4.69) is 27.7 Å². The van der Waals surface area contributed by atoms with Gasteiger partial charge in [0.15, 0.2) is 6.29 Å². The average Bonchev–Trinajstić information content (AvgIpc) is 3.01. The summed E-state index contributed by atoms with van der Waals surface area (Å²) in [4.78, 5) is 0. The van der Waals surface area contributed by atoms with E-state index in [1.165, 1.54) is 25.7 Å². The van der Waals surface area contributed by atoms with Gasteiger partial charge in [-0.3, -0.25) is 0 Å². The molecular weight excluding hydrogens is 224 g/mol. The lowest BCUT2D eigenvalue weighted by atomic mass is 9.98. The maximum absolute atomic E-state index is 6.46. The Morgan fingerprint density at radius 3 is 2.50 bits per heavy atom. The number of hydrogen-bond donors (Lipinski definition) is 0. The van der Waals surface area contributed by atoms with Crippen LogP contribution in [0.5, 0.6) is 0 Å². The molecule has 2 saturated carbocycles. The number of hydrogen-bond acceptors (Lipinski definition) is 2. The smallest absolute Gasteiger partial charge is 0.158 e. The van der Waals surface area contributed by atoms with Gasteiger partial charge in [0.05, 0.1) is 5.60 Å². The Kier molecular flexibility index (Phi) is 3.02. The highest BCUT2D eigenvalue weighted by Crippen LogP contribution is 2.70. The van der Waals surface area contributed by atoms with Gasteiger partial charge in [-0.25, -0.2) is 0 Å². The van der Waals surface area contributed by atoms with Gasteiger partial charge >= 0.3 is 0 Å². The fourth-order valence-electron chi connectivity index (χ4n) is 4.02. The van der Waals surface area contributed by atoms with E-state index in [4.69, 9.17) is 9.47 Å². The highest BCUT2D eigenvalue weighted by atomic mass is 16.7. The van der Waals surface area contributed by atoms with E-state index in [0.717, 1.165) is 30.8 Å². The quantitative estimate of drug-likeness (QED) is 0.736. The van der Waals surface area contributed by atoms with Crippen LogP contribution in [-0.2, 0) is 9.47 Å². The van der Waals surface area contributed by atoms with E-state index in [1.807, 2.05) is 0 Å². The molecule has 0 spiro atoms. The van der Waals surface area contributed by atoms with Crippen molar-refractivity contribution >= 4 is 0 Å². The summed E-state index contributed by atoms with van der Waals surface area (Å²) in [7, 11) is 0. The van der Waals surface area contributed by atoms with Crippen molar-refractivity contribution in [3.63, 3.8) is 0 Å². The van der Waals surface area contributed by atoms with Crippen LogP contribution in [0.25, 0.3) is 0 Å². The third kappa shape index (κ3) is 2.22. The molecule has 3 rings (SSSR count). The van der Waals surface area contributed by atoms with Crippen molar-refractivity contribution in [2.45, 2.75) is 71.7 Å². The normalized spacial score (nSPS) is 45.5. The van der Waals surface area contributed by atoms with E-state index in [9.17, 15) is 0 Å². The Labute approximate surface area is 111 Å². The summed E-state index contributed by atoms with van der Waals surface area (Å²) in [5.74, 6) is 2.35. The van der Waals surface area contributed by atoms with Crippen molar-refractivity contribution < 1.29 is 9.47 Å². The minimum atomic E-state index is 0.0959. The van der Waals surface area contributed by atoms with Gasteiger partial charge in [0.2, 0.25) is 0 Å². The summed E-state index contributed by atoms with van der Waals surface area (Å²) in [6, 6.07) is 0. The summed E-state index contributed by atoms with van der Waals surface area (Å²) < 4.78 is 12.2. The first-order chi connectivity index (χ1) is 8.44. The van der Waals surface area contributed by atoms with Crippen LogP contribution in [0, 0.1) is 23.2 Å². The van der Waals surface area contributed by atoms with Crippen LogP contribution < -0.4 is 0 Å². The second-order valence-electron chi connectivity index (χ2n) is 7.79. The van der Waals surface area contributed by atoms with Gasteiger partial charge in [-0.05, 0) is 48.9 Å². The highest BCUT2D eigenvalue weighted by Gasteiger charge is 2.70. The van der Waals surface area contributed by atoms with Gasteiger partial charge in [-0.15, -0.1) is 0 Å². The summed E-state index contributed by atoms with van der Waals surface area (Å²) in [5, 5.41) is 0. The molecule has 0 aromatic carbocycles. The third-order valence-corrected chi connectivity index (χ3v) is 5.19. The Bertz CT molecular complexity index is 317. The molecule has 3 fully saturated rings. The lowest BCUT2D eigenvalue weighted by Gasteiger charge is -2.25. The van der Waals surface area contributed by atoms with Crippen LogP contribution in [0.3, 0.4) is 0 Å². The molecular formula is C16H28O2.